The Morgan fingerprint density at radius 2 is 1.84 bits per heavy atom. The summed E-state index contributed by atoms with van der Waals surface area (Å²) in [6, 6.07) is 11.9. The van der Waals surface area contributed by atoms with Gasteiger partial charge in [-0.25, -0.2) is 4.79 Å². The number of esters is 1. The molecule has 0 bridgehead atoms. The minimum atomic E-state index is -0.398. The first-order valence-corrected chi connectivity index (χ1v) is 9.46. The number of ether oxygens (including phenoxy) is 1. The molecule has 2 rings (SSSR count). The number of hydrogen-bond acceptors (Lipinski definition) is 4. The zero-order valence-electron chi connectivity index (χ0n) is 15.2. The third-order valence-corrected chi connectivity index (χ3v) is 5.50. The van der Waals surface area contributed by atoms with E-state index in [-0.39, 0.29) is 17.7 Å². The molecule has 0 aliphatic heterocycles. The predicted molar refractivity (Wildman–Crippen MR) is 102 cm³/mol. The fraction of sp³-hybridized carbons (Fsp3) is 0.400. The van der Waals surface area contributed by atoms with Gasteiger partial charge in [-0.15, -0.1) is 11.3 Å². The average Bonchev–Trinajstić information content (AvgIpc) is 3.05. The summed E-state index contributed by atoms with van der Waals surface area (Å²) in [6.45, 7) is 8.01. The molecule has 0 spiro atoms. The van der Waals surface area contributed by atoms with Crippen molar-refractivity contribution in [1.29, 1.82) is 0 Å². The van der Waals surface area contributed by atoms with Crippen molar-refractivity contribution in [3.8, 4) is 0 Å². The summed E-state index contributed by atoms with van der Waals surface area (Å²) in [5.74, 6) is -0.445. The summed E-state index contributed by atoms with van der Waals surface area (Å²) >= 11 is 1.44. The molecule has 0 saturated heterocycles. The smallest absolute Gasteiger partial charge is 0.341 e. The van der Waals surface area contributed by atoms with Crippen molar-refractivity contribution >= 4 is 28.2 Å². The molecule has 2 atom stereocenters. The summed E-state index contributed by atoms with van der Waals surface area (Å²) < 4.78 is 5.15. The molecule has 4 nitrogen and oxygen atoms in total. The van der Waals surface area contributed by atoms with Gasteiger partial charge in [0, 0.05) is 16.7 Å². The normalized spacial score (nSPS) is 13.1. The number of amides is 1. The van der Waals surface area contributed by atoms with Gasteiger partial charge in [0.15, 0.2) is 0 Å². The predicted octanol–water partition coefficient (Wildman–Crippen LogP) is 5.06. The zero-order chi connectivity index (χ0) is 18.4. The Kier molecular flexibility index (Phi) is 6.76. The highest BCUT2D eigenvalue weighted by atomic mass is 32.1. The largest absolute Gasteiger partial charge is 0.462 e. The van der Waals surface area contributed by atoms with Crippen molar-refractivity contribution in [1.82, 2.24) is 0 Å². The number of carbonyl (C=O) groups excluding carboxylic acids is 2. The van der Waals surface area contributed by atoms with Crippen LogP contribution in [0.5, 0.6) is 0 Å². The van der Waals surface area contributed by atoms with Crippen LogP contribution in [-0.2, 0) is 9.53 Å². The standard InChI is InChI=1S/C20H25NO3S/c1-5-13(3)18(22)21-19-16(20(23)24-6-2)12-17(25-19)14(4)15-10-8-7-9-11-15/h7-14H,5-6H2,1-4H3,(H,21,22)/t13-,14-/m1/s1. The fourth-order valence-electron chi connectivity index (χ4n) is 2.40. The van der Waals surface area contributed by atoms with E-state index < -0.39 is 5.97 Å². The molecule has 1 amide bonds. The molecule has 1 N–H and O–H groups in total. The van der Waals surface area contributed by atoms with Gasteiger partial charge in [-0.3, -0.25) is 4.79 Å². The number of nitrogens with one attached hydrogen (secondary N) is 1. The molecule has 0 radical (unpaired) electrons. The van der Waals surface area contributed by atoms with Crippen LogP contribution < -0.4 is 5.32 Å². The third kappa shape index (κ3) is 4.69. The van der Waals surface area contributed by atoms with Gasteiger partial charge in [0.05, 0.1) is 12.2 Å². The average molecular weight is 359 g/mol. The highest BCUT2D eigenvalue weighted by molar-refractivity contribution is 7.16. The highest BCUT2D eigenvalue weighted by Gasteiger charge is 2.23. The van der Waals surface area contributed by atoms with Gasteiger partial charge in [0.1, 0.15) is 5.00 Å². The summed E-state index contributed by atoms with van der Waals surface area (Å²) in [5, 5.41) is 3.48. The van der Waals surface area contributed by atoms with E-state index in [1.165, 1.54) is 16.9 Å². The van der Waals surface area contributed by atoms with Crippen molar-refractivity contribution < 1.29 is 14.3 Å². The van der Waals surface area contributed by atoms with Crippen LogP contribution in [0.4, 0.5) is 5.00 Å². The quantitative estimate of drug-likeness (QED) is 0.703. The molecule has 0 saturated carbocycles. The second-order valence-corrected chi connectivity index (χ2v) is 7.13. The summed E-state index contributed by atoms with van der Waals surface area (Å²) in [7, 11) is 0. The molecule has 5 heteroatoms. The second-order valence-electron chi connectivity index (χ2n) is 6.04. The molecule has 134 valence electrons. The first-order chi connectivity index (χ1) is 12.0. The van der Waals surface area contributed by atoms with Gasteiger partial charge in [0.25, 0.3) is 0 Å². The van der Waals surface area contributed by atoms with Crippen LogP contribution in [0.2, 0.25) is 0 Å². The highest BCUT2D eigenvalue weighted by Crippen LogP contribution is 2.36. The fourth-order valence-corrected chi connectivity index (χ4v) is 3.53. The van der Waals surface area contributed by atoms with Crippen molar-refractivity contribution in [3.63, 3.8) is 0 Å². The second kappa shape index (κ2) is 8.81. The maximum absolute atomic E-state index is 12.3. The number of benzene rings is 1. The van der Waals surface area contributed by atoms with Gasteiger partial charge in [0.2, 0.25) is 5.91 Å². The first-order valence-electron chi connectivity index (χ1n) is 8.64. The number of hydrogen-bond donors (Lipinski definition) is 1. The minimum absolute atomic E-state index is 0.0752. The molecule has 0 fully saturated rings. The van der Waals surface area contributed by atoms with Crippen LogP contribution in [-0.4, -0.2) is 18.5 Å². The molecular weight excluding hydrogens is 334 g/mol. The van der Waals surface area contributed by atoms with Crippen molar-refractivity contribution in [2.75, 3.05) is 11.9 Å². The Balaban J connectivity index is 2.35. The van der Waals surface area contributed by atoms with E-state index in [0.717, 1.165) is 11.3 Å². The topological polar surface area (TPSA) is 55.4 Å². The lowest BCUT2D eigenvalue weighted by Gasteiger charge is -2.10. The molecule has 0 unspecified atom stereocenters. The van der Waals surface area contributed by atoms with Crippen molar-refractivity contribution in [2.45, 2.75) is 40.0 Å². The Hall–Kier alpha value is -2.14. The summed E-state index contributed by atoms with van der Waals surface area (Å²) in [6.07, 6.45) is 0.749. The monoisotopic (exact) mass is 359 g/mol. The molecular formula is C20H25NO3S. The van der Waals surface area contributed by atoms with Crippen LogP contribution >= 0.6 is 11.3 Å². The Morgan fingerprint density at radius 3 is 2.44 bits per heavy atom. The minimum Gasteiger partial charge on any atom is -0.462 e. The third-order valence-electron chi connectivity index (χ3n) is 4.27. The van der Waals surface area contributed by atoms with Crippen LogP contribution in [0.1, 0.15) is 60.8 Å². The van der Waals surface area contributed by atoms with E-state index in [4.69, 9.17) is 4.74 Å². The lowest BCUT2D eigenvalue weighted by Crippen LogP contribution is -2.20. The summed E-state index contributed by atoms with van der Waals surface area (Å²) in [5.41, 5.74) is 1.60. The van der Waals surface area contributed by atoms with E-state index in [9.17, 15) is 9.59 Å². The van der Waals surface area contributed by atoms with Gasteiger partial charge < -0.3 is 10.1 Å². The SMILES string of the molecule is CCOC(=O)c1cc([C@H](C)c2ccccc2)sc1NC(=O)[C@H](C)CC. The van der Waals surface area contributed by atoms with Crippen molar-refractivity contribution in [3.05, 3.63) is 52.4 Å². The molecule has 1 heterocycles. The maximum Gasteiger partial charge on any atom is 0.341 e. The molecule has 1 aromatic heterocycles. The van der Waals surface area contributed by atoms with Crippen LogP contribution in [0.3, 0.4) is 0 Å². The number of anilines is 1. The Bertz CT molecular complexity index is 724. The Labute approximate surface area is 153 Å². The molecule has 0 aliphatic carbocycles. The lowest BCUT2D eigenvalue weighted by molar-refractivity contribution is -0.119. The van der Waals surface area contributed by atoms with E-state index in [1.807, 2.05) is 38.1 Å². The zero-order valence-corrected chi connectivity index (χ0v) is 16.0. The van der Waals surface area contributed by atoms with Gasteiger partial charge in [-0.1, -0.05) is 51.1 Å². The number of rotatable bonds is 7. The first kappa shape index (κ1) is 19.2. The van der Waals surface area contributed by atoms with Crippen molar-refractivity contribution in [2.24, 2.45) is 5.92 Å². The van der Waals surface area contributed by atoms with Crippen LogP contribution in [0, 0.1) is 5.92 Å². The van der Waals surface area contributed by atoms with E-state index in [0.29, 0.717) is 17.2 Å². The van der Waals surface area contributed by atoms with Crippen LogP contribution in [0.15, 0.2) is 36.4 Å². The van der Waals surface area contributed by atoms with E-state index >= 15 is 0 Å². The number of thiophene rings is 1. The van der Waals surface area contributed by atoms with Crippen LogP contribution in [0.25, 0.3) is 0 Å². The van der Waals surface area contributed by atoms with E-state index in [1.54, 1.807) is 6.92 Å². The lowest BCUT2D eigenvalue weighted by atomic mass is 9.99. The maximum atomic E-state index is 12.3. The van der Waals surface area contributed by atoms with E-state index in [2.05, 4.69) is 24.4 Å². The molecule has 25 heavy (non-hydrogen) atoms. The molecule has 2 aromatic rings. The summed E-state index contributed by atoms with van der Waals surface area (Å²) in [4.78, 5) is 25.6. The van der Waals surface area contributed by atoms with Gasteiger partial charge in [-0.05, 0) is 25.0 Å². The Morgan fingerprint density at radius 1 is 1.16 bits per heavy atom. The van der Waals surface area contributed by atoms with Gasteiger partial charge >= 0.3 is 5.97 Å². The number of carbonyl (C=O) groups is 2. The molecule has 0 aliphatic rings. The molecule has 1 aromatic carbocycles. The van der Waals surface area contributed by atoms with Gasteiger partial charge in [-0.2, -0.15) is 0 Å².